The van der Waals surface area contributed by atoms with Crippen molar-refractivity contribution in [3.05, 3.63) is 6.42 Å². The highest BCUT2D eigenvalue weighted by atomic mass is 16.1. The molecule has 1 aliphatic rings. The normalized spacial score (nSPS) is 20.9. The molecule has 1 saturated carbocycles. The van der Waals surface area contributed by atoms with E-state index in [1.54, 1.807) is 0 Å². The number of hydrogen-bond donors (Lipinski definition) is 1. The molecule has 2 nitrogen and oxygen atoms in total. The van der Waals surface area contributed by atoms with Crippen LogP contribution in [-0.2, 0) is 4.79 Å². The molecule has 2 N–H and O–H groups in total. The molecule has 0 bridgehead atoms. The molecule has 0 atom stereocenters. The summed E-state index contributed by atoms with van der Waals surface area (Å²) in [6.45, 7) is 0. The van der Waals surface area contributed by atoms with Gasteiger partial charge in [0.2, 0.25) is 5.91 Å². The lowest BCUT2D eigenvalue weighted by atomic mass is 9.89. The Morgan fingerprint density at radius 3 is 2.33 bits per heavy atom. The van der Waals surface area contributed by atoms with Crippen molar-refractivity contribution in [2.75, 3.05) is 0 Å². The predicted molar refractivity (Wildman–Crippen MR) is 35.5 cm³/mol. The van der Waals surface area contributed by atoms with E-state index in [2.05, 4.69) is 6.42 Å². The molecule has 0 saturated heterocycles. The van der Waals surface area contributed by atoms with Gasteiger partial charge >= 0.3 is 0 Å². The van der Waals surface area contributed by atoms with Crippen molar-refractivity contribution in [3.63, 3.8) is 0 Å². The van der Waals surface area contributed by atoms with Crippen LogP contribution in [0.3, 0.4) is 0 Å². The number of rotatable bonds is 1. The van der Waals surface area contributed by atoms with Gasteiger partial charge in [0.25, 0.3) is 0 Å². The smallest absolute Gasteiger partial charge is 0.220 e. The fourth-order valence-corrected chi connectivity index (χ4v) is 1.21. The largest absolute Gasteiger partial charge is 0.369 e. The number of amides is 1. The monoisotopic (exact) mass is 126 g/mol. The molecule has 0 aromatic rings. The average molecular weight is 126 g/mol. The maximum atomic E-state index is 10.6. The van der Waals surface area contributed by atoms with Crippen molar-refractivity contribution in [1.82, 2.24) is 0 Å². The summed E-state index contributed by atoms with van der Waals surface area (Å²) in [5, 5.41) is 0. The summed E-state index contributed by atoms with van der Waals surface area (Å²) < 4.78 is 0. The van der Waals surface area contributed by atoms with Gasteiger partial charge in [-0.2, -0.15) is 0 Å². The number of carbonyl (C=O) groups excluding carboxylic acids is 1. The molecular formula is C7H12NO+. The second kappa shape index (κ2) is 2.76. The van der Waals surface area contributed by atoms with E-state index in [1.807, 2.05) is 0 Å². The Bertz CT molecular complexity index is 105. The maximum Gasteiger partial charge on any atom is 0.220 e. The third kappa shape index (κ3) is 1.63. The van der Waals surface area contributed by atoms with Gasteiger partial charge in [-0.25, -0.2) is 0 Å². The second-order valence-electron chi connectivity index (χ2n) is 2.54. The Hall–Kier alpha value is -0.660. The lowest BCUT2D eigenvalue weighted by Gasteiger charge is -2.11. The lowest BCUT2D eigenvalue weighted by molar-refractivity contribution is -0.122. The first-order valence-electron chi connectivity index (χ1n) is 3.41. The van der Waals surface area contributed by atoms with Crippen LogP contribution in [0.2, 0.25) is 0 Å². The Morgan fingerprint density at radius 2 is 2.00 bits per heavy atom. The molecule has 1 amide bonds. The van der Waals surface area contributed by atoms with E-state index in [1.165, 1.54) is 0 Å². The first-order valence-corrected chi connectivity index (χ1v) is 3.41. The fraction of sp³-hybridized carbons (Fsp3) is 0.714. The summed E-state index contributed by atoms with van der Waals surface area (Å²) in [7, 11) is 0. The van der Waals surface area contributed by atoms with Crippen LogP contribution < -0.4 is 5.73 Å². The predicted octanol–water partition coefficient (Wildman–Crippen LogP) is 0.866. The van der Waals surface area contributed by atoms with Crippen LogP contribution >= 0.6 is 0 Å². The van der Waals surface area contributed by atoms with Crippen molar-refractivity contribution < 1.29 is 4.79 Å². The van der Waals surface area contributed by atoms with E-state index in [9.17, 15) is 4.79 Å². The minimum Gasteiger partial charge on any atom is -0.369 e. The van der Waals surface area contributed by atoms with E-state index in [0.29, 0.717) is 0 Å². The SMILES string of the molecule is NC(=O)C1CC[CH+]CC1. The molecular weight excluding hydrogens is 114 g/mol. The van der Waals surface area contributed by atoms with Gasteiger partial charge in [-0.15, -0.1) is 0 Å². The first kappa shape index (κ1) is 6.46. The Morgan fingerprint density at radius 1 is 1.44 bits per heavy atom. The molecule has 0 spiro atoms. The molecule has 1 fully saturated rings. The average Bonchev–Trinajstić information content (AvgIpc) is 1.90. The molecule has 9 heavy (non-hydrogen) atoms. The third-order valence-electron chi connectivity index (χ3n) is 1.84. The Labute approximate surface area is 55.4 Å². The first-order chi connectivity index (χ1) is 4.30. The van der Waals surface area contributed by atoms with Gasteiger partial charge in [-0.1, -0.05) is 0 Å². The van der Waals surface area contributed by atoms with E-state index in [4.69, 9.17) is 5.73 Å². The van der Waals surface area contributed by atoms with Crippen LogP contribution in [0, 0.1) is 12.3 Å². The van der Waals surface area contributed by atoms with E-state index >= 15 is 0 Å². The topological polar surface area (TPSA) is 43.1 Å². The molecule has 0 unspecified atom stereocenters. The summed E-state index contributed by atoms with van der Waals surface area (Å²) in [4.78, 5) is 10.6. The summed E-state index contributed by atoms with van der Waals surface area (Å²) >= 11 is 0. The van der Waals surface area contributed by atoms with Crippen LogP contribution in [0.5, 0.6) is 0 Å². The van der Waals surface area contributed by atoms with Crippen molar-refractivity contribution in [1.29, 1.82) is 0 Å². The van der Waals surface area contributed by atoms with Gasteiger partial charge in [-0.05, 0) is 12.8 Å². The number of primary amides is 1. The standard InChI is InChI=1S/C7H11NO/c8-7(9)6-4-2-1-3-5-6/h1,6H,2-5H2,(H-,8,9)/p+1. The summed E-state index contributed by atoms with van der Waals surface area (Å²) in [6, 6.07) is 0. The van der Waals surface area contributed by atoms with Gasteiger partial charge in [-0.3, -0.25) is 4.79 Å². The van der Waals surface area contributed by atoms with Gasteiger partial charge in [0, 0.05) is 5.92 Å². The number of hydrogen-bond acceptors (Lipinski definition) is 1. The van der Waals surface area contributed by atoms with E-state index < -0.39 is 0 Å². The highest BCUT2D eigenvalue weighted by Gasteiger charge is 2.22. The van der Waals surface area contributed by atoms with Crippen LogP contribution in [0.1, 0.15) is 25.7 Å². The molecule has 0 aromatic heterocycles. The second-order valence-corrected chi connectivity index (χ2v) is 2.54. The highest BCUT2D eigenvalue weighted by Crippen LogP contribution is 2.21. The number of nitrogens with two attached hydrogens (primary N) is 1. The minimum atomic E-state index is -0.122. The van der Waals surface area contributed by atoms with Gasteiger partial charge in [0.05, 0.1) is 19.3 Å². The van der Waals surface area contributed by atoms with E-state index in [0.717, 1.165) is 25.7 Å². The van der Waals surface area contributed by atoms with Crippen molar-refractivity contribution in [3.8, 4) is 0 Å². The number of carbonyl (C=O) groups is 1. The van der Waals surface area contributed by atoms with Crippen LogP contribution in [0.4, 0.5) is 0 Å². The lowest BCUT2D eigenvalue weighted by Crippen LogP contribution is -2.24. The van der Waals surface area contributed by atoms with Crippen LogP contribution in [0.15, 0.2) is 0 Å². The highest BCUT2D eigenvalue weighted by molar-refractivity contribution is 5.76. The summed E-state index contributed by atoms with van der Waals surface area (Å²) in [5.74, 6) is 0.0399. The van der Waals surface area contributed by atoms with Gasteiger partial charge in [0.1, 0.15) is 0 Å². The maximum absolute atomic E-state index is 10.6. The quantitative estimate of drug-likeness (QED) is 0.520. The van der Waals surface area contributed by atoms with Crippen LogP contribution in [-0.4, -0.2) is 5.91 Å². The van der Waals surface area contributed by atoms with Crippen molar-refractivity contribution in [2.24, 2.45) is 11.7 Å². The van der Waals surface area contributed by atoms with Gasteiger partial charge in [0.15, 0.2) is 0 Å². The zero-order valence-electron chi connectivity index (χ0n) is 5.47. The zero-order chi connectivity index (χ0) is 6.69. The molecule has 50 valence electrons. The molecule has 0 heterocycles. The molecule has 0 radical (unpaired) electrons. The summed E-state index contributed by atoms with van der Waals surface area (Å²) in [5.41, 5.74) is 5.11. The molecule has 1 rings (SSSR count). The van der Waals surface area contributed by atoms with Crippen molar-refractivity contribution >= 4 is 5.91 Å². The third-order valence-corrected chi connectivity index (χ3v) is 1.84. The zero-order valence-corrected chi connectivity index (χ0v) is 5.47. The molecule has 2 heteroatoms. The fourth-order valence-electron chi connectivity index (χ4n) is 1.21. The van der Waals surface area contributed by atoms with Crippen molar-refractivity contribution in [2.45, 2.75) is 25.7 Å². The minimum absolute atomic E-state index is 0.122. The molecule has 0 aromatic carbocycles. The molecule has 1 aliphatic carbocycles. The Kier molecular flexibility index (Phi) is 1.98. The van der Waals surface area contributed by atoms with E-state index in [-0.39, 0.29) is 11.8 Å². The Balaban J connectivity index is 2.31. The van der Waals surface area contributed by atoms with Crippen LogP contribution in [0.25, 0.3) is 0 Å². The molecule has 0 aliphatic heterocycles. The summed E-state index contributed by atoms with van der Waals surface area (Å²) in [6.07, 6.45) is 6.28. The van der Waals surface area contributed by atoms with Gasteiger partial charge < -0.3 is 5.73 Å².